The predicted octanol–water partition coefficient (Wildman–Crippen LogP) is 2.78. The lowest BCUT2D eigenvalue weighted by Crippen LogP contribution is -2.40. The van der Waals surface area contributed by atoms with E-state index < -0.39 is 11.5 Å². The number of anilines is 1. The maximum absolute atomic E-state index is 12.4. The second-order valence-electron chi connectivity index (χ2n) is 5.35. The number of para-hydroxylation sites is 1. The smallest absolute Gasteiger partial charge is 0.263 e. The van der Waals surface area contributed by atoms with Crippen LogP contribution in [0.15, 0.2) is 48.5 Å². The average molecular weight is 316 g/mol. The molecule has 2 aromatic carbocycles. The Balaban J connectivity index is 1.95. The number of carbonyl (C=O) groups excluding carboxylic acids is 2. The normalized spacial score (nSPS) is 20.1. The number of amides is 1. The Kier molecular flexibility index (Phi) is 3.51. The van der Waals surface area contributed by atoms with Gasteiger partial charge in [-0.2, -0.15) is 0 Å². The molecule has 1 aliphatic rings. The highest BCUT2D eigenvalue weighted by Crippen LogP contribution is 2.41. The number of hydrogen-bond acceptors (Lipinski definition) is 3. The topological polar surface area (TPSA) is 57.6 Å². The molecule has 1 atom stereocenters. The third kappa shape index (κ3) is 2.21. The van der Waals surface area contributed by atoms with Crippen LogP contribution in [-0.2, 0) is 10.4 Å². The van der Waals surface area contributed by atoms with Crippen LogP contribution in [0.1, 0.15) is 22.3 Å². The number of aliphatic hydroxyl groups is 1. The van der Waals surface area contributed by atoms with Gasteiger partial charge in [-0.05, 0) is 30.3 Å². The lowest BCUT2D eigenvalue weighted by Gasteiger charge is -2.21. The van der Waals surface area contributed by atoms with Crippen LogP contribution >= 0.6 is 11.6 Å². The molecule has 112 valence electrons. The third-order valence-electron chi connectivity index (χ3n) is 3.95. The van der Waals surface area contributed by atoms with Crippen molar-refractivity contribution in [3.8, 4) is 0 Å². The largest absolute Gasteiger partial charge is 0.375 e. The van der Waals surface area contributed by atoms with E-state index in [0.717, 1.165) is 0 Å². The van der Waals surface area contributed by atoms with Gasteiger partial charge in [0.25, 0.3) is 5.91 Å². The molecule has 2 aromatic rings. The number of ketones is 1. The molecular weight excluding hydrogens is 302 g/mol. The SMILES string of the molecule is CN1C(=O)[C@@](O)(CC(=O)c2ccc(Cl)cc2)c2ccccc21. The molecule has 0 saturated carbocycles. The fourth-order valence-corrected chi connectivity index (χ4v) is 2.88. The van der Waals surface area contributed by atoms with Crippen LogP contribution in [-0.4, -0.2) is 23.8 Å². The van der Waals surface area contributed by atoms with Crippen molar-refractivity contribution in [1.82, 2.24) is 0 Å². The molecule has 0 aliphatic carbocycles. The standard InChI is InChI=1S/C17H14ClNO3/c1-19-14-5-3-2-4-13(14)17(22,16(19)21)10-15(20)11-6-8-12(18)9-7-11/h2-9,22H,10H2,1H3/t17-/m1/s1. The number of nitrogens with zero attached hydrogens (tertiary/aromatic N) is 1. The maximum atomic E-state index is 12.4. The van der Waals surface area contributed by atoms with Gasteiger partial charge in [0.2, 0.25) is 0 Å². The van der Waals surface area contributed by atoms with Gasteiger partial charge >= 0.3 is 0 Å². The van der Waals surface area contributed by atoms with E-state index in [9.17, 15) is 14.7 Å². The van der Waals surface area contributed by atoms with Crippen molar-refractivity contribution in [3.63, 3.8) is 0 Å². The summed E-state index contributed by atoms with van der Waals surface area (Å²) in [5.41, 5.74) is -0.316. The fourth-order valence-electron chi connectivity index (χ4n) is 2.76. The minimum absolute atomic E-state index is 0.297. The Morgan fingerprint density at radius 3 is 2.50 bits per heavy atom. The Hall–Kier alpha value is -2.17. The molecule has 0 saturated heterocycles. The van der Waals surface area contributed by atoms with Crippen LogP contribution in [0.2, 0.25) is 5.02 Å². The van der Waals surface area contributed by atoms with Gasteiger partial charge in [-0.25, -0.2) is 0 Å². The van der Waals surface area contributed by atoms with Crippen LogP contribution in [0.25, 0.3) is 0 Å². The lowest BCUT2D eigenvalue weighted by atomic mass is 9.88. The summed E-state index contributed by atoms with van der Waals surface area (Å²) in [6.45, 7) is 0. The van der Waals surface area contributed by atoms with E-state index in [1.54, 1.807) is 55.6 Å². The fraction of sp³-hybridized carbons (Fsp3) is 0.176. The van der Waals surface area contributed by atoms with Crippen molar-refractivity contribution >= 4 is 29.0 Å². The van der Waals surface area contributed by atoms with Crippen molar-refractivity contribution in [3.05, 3.63) is 64.7 Å². The van der Waals surface area contributed by atoms with Crippen molar-refractivity contribution in [2.24, 2.45) is 0 Å². The zero-order valence-electron chi connectivity index (χ0n) is 11.9. The molecule has 1 N–H and O–H groups in total. The summed E-state index contributed by atoms with van der Waals surface area (Å²) < 4.78 is 0. The molecule has 0 fully saturated rings. The first kappa shape index (κ1) is 14.8. The quantitative estimate of drug-likeness (QED) is 0.886. The highest BCUT2D eigenvalue weighted by molar-refractivity contribution is 6.30. The van der Waals surface area contributed by atoms with E-state index in [-0.39, 0.29) is 12.2 Å². The van der Waals surface area contributed by atoms with Gasteiger partial charge in [0, 0.05) is 23.2 Å². The second kappa shape index (κ2) is 5.23. The maximum Gasteiger partial charge on any atom is 0.263 e. The Labute approximate surface area is 132 Å². The van der Waals surface area contributed by atoms with Crippen LogP contribution in [0.3, 0.4) is 0 Å². The number of halogens is 1. The first-order valence-electron chi connectivity index (χ1n) is 6.82. The van der Waals surface area contributed by atoms with Crippen molar-refractivity contribution in [2.45, 2.75) is 12.0 Å². The number of hydrogen-bond donors (Lipinski definition) is 1. The monoisotopic (exact) mass is 315 g/mol. The second-order valence-corrected chi connectivity index (χ2v) is 5.78. The number of fused-ring (bicyclic) bond motifs is 1. The molecule has 0 aromatic heterocycles. The first-order chi connectivity index (χ1) is 10.4. The first-order valence-corrected chi connectivity index (χ1v) is 7.20. The Morgan fingerprint density at radius 2 is 1.82 bits per heavy atom. The summed E-state index contributed by atoms with van der Waals surface area (Å²) in [7, 11) is 1.59. The van der Waals surface area contributed by atoms with Crippen molar-refractivity contribution < 1.29 is 14.7 Å². The van der Waals surface area contributed by atoms with Gasteiger partial charge in [-0.3, -0.25) is 9.59 Å². The Morgan fingerprint density at radius 1 is 1.18 bits per heavy atom. The number of carbonyl (C=O) groups is 2. The molecule has 0 unspecified atom stereocenters. The number of likely N-dealkylation sites (N-methyl/N-ethyl adjacent to an activating group) is 1. The number of Topliss-reactive ketones (excluding diaryl/α,β-unsaturated/α-hetero) is 1. The zero-order valence-corrected chi connectivity index (χ0v) is 12.7. The van der Waals surface area contributed by atoms with Gasteiger partial charge in [0.15, 0.2) is 11.4 Å². The molecule has 0 spiro atoms. The van der Waals surface area contributed by atoms with Crippen LogP contribution in [0.4, 0.5) is 5.69 Å². The van der Waals surface area contributed by atoms with Crippen LogP contribution < -0.4 is 4.90 Å². The lowest BCUT2D eigenvalue weighted by molar-refractivity contribution is -0.135. The third-order valence-corrected chi connectivity index (χ3v) is 4.20. The van der Waals surface area contributed by atoms with Gasteiger partial charge in [-0.1, -0.05) is 29.8 Å². The van der Waals surface area contributed by atoms with E-state index in [4.69, 9.17) is 11.6 Å². The molecule has 0 radical (unpaired) electrons. The average Bonchev–Trinajstić information content (AvgIpc) is 2.70. The molecule has 1 amide bonds. The number of benzene rings is 2. The summed E-state index contributed by atoms with van der Waals surface area (Å²) in [5.74, 6) is -0.798. The summed E-state index contributed by atoms with van der Waals surface area (Å²) in [6, 6.07) is 13.3. The van der Waals surface area contributed by atoms with E-state index in [1.807, 2.05) is 0 Å². The molecule has 1 aliphatic heterocycles. The molecule has 22 heavy (non-hydrogen) atoms. The van der Waals surface area contributed by atoms with Gasteiger partial charge < -0.3 is 10.0 Å². The van der Waals surface area contributed by atoms with E-state index in [2.05, 4.69) is 0 Å². The van der Waals surface area contributed by atoms with Crippen molar-refractivity contribution in [1.29, 1.82) is 0 Å². The van der Waals surface area contributed by atoms with Crippen LogP contribution in [0.5, 0.6) is 0 Å². The summed E-state index contributed by atoms with van der Waals surface area (Å²) >= 11 is 5.80. The molecule has 5 heteroatoms. The molecular formula is C17H14ClNO3. The van der Waals surface area contributed by atoms with Crippen LogP contribution in [0, 0.1) is 0 Å². The summed E-state index contributed by atoms with van der Waals surface area (Å²) in [6.07, 6.45) is -0.297. The Bertz CT molecular complexity index is 757. The summed E-state index contributed by atoms with van der Waals surface area (Å²) in [5, 5.41) is 11.4. The zero-order chi connectivity index (χ0) is 15.9. The number of rotatable bonds is 3. The predicted molar refractivity (Wildman–Crippen MR) is 84.1 cm³/mol. The highest BCUT2D eigenvalue weighted by Gasteiger charge is 2.49. The van der Waals surface area contributed by atoms with E-state index >= 15 is 0 Å². The van der Waals surface area contributed by atoms with Crippen molar-refractivity contribution in [2.75, 3.05) is 11.9 Å². The van der Waals surface area contributed by atoms with Gasteiger partial charge in [0.1, 0.15) is 0 Å². The highest BCUT2D eigenvalue weighted by atomic mass is 35.5. The molecule has 3 rings (SSSR count). The molecule has 4 nitrogen and oxygen atoms in total. The molecule has 0 bridgehead atoms. The van der Waals surface area contributed by atoms with E-state index in [0.29, 0.717) is 21.8 Å². The minimum Gasteiger partial charge on any atom is -0.375 e. The van der Waals surface area contributed by atoms with Gasteiger partial charge in [0.05, 0.1) is 12.1 Å². The minimum atomic E-state index is -1.82. The van der Waals surface area contributed by atoms with Gasteiger partial charge in [-0.15, -0.1) is 0 Å². The summed E-state index contributed by atoms with van der Waals surface area (Å²) in [4.78, 5) is 26.2. The molecule has 1 heterocycles. The van der Waals surface area contributed by atoms with E-state index in [1.165, 1.54) is 4.90 Å².